The van der Waals surface area contributed by atoms with Gasteiger partial charge in [0.05, 0.1) is 4.90 Å². The van der Waals surface area contributed by atoms with Crippen molar-refractivity contribution < 1.29 is 18.5 Å². The molecule has 8 heteroatoms. The zero-order valence-corrected chi connectivity index (χ0v) is 17.9. The van der Waals surface area contributed by atoms with Crippen LogP contribution in [0.1, 0.15) is 32.4 Å². The Bertz CT molecular complexity index is 914. The van der Waals surface area contributed by atoms with Gasteiger partial charge in [-0.2, -0.15) is 4.31 Å². The van der Waals surface area contributed by atoms with E-state index < -0.39 is 10.0 Å². The number of sulfonamides is 1. The van der Waals surface area contributed by atoms with E-state index >= 15 is 0 Å². The molecular formula is C20H27ClN3O3S+. The number of quaternary nitrogens is 1. The largest absolute Gasteiger partial charge is 0.332 e. The highest BCUT2D eigenvalue weighted by atomic mass is 35.5. The molecule has 1 amide bonds. The third kappa shape index (κ3) is 5.54. The molecule has 0 aliphatic rings. The monoisotopic (exact) mass is 424 g/mol. The van der Waals surface area contributed by atoms with Crippen LogP contribution in [-0.2, 0) is 14.8 Å². The van der Waals surface area contributed by atoms with Gasteiger partial charge in [-0.05, 0) is 31.2 Å². The second kappa shape index (κ2) is 10.0. The number of anilines is 1. The fourth-order valence-electron chi connectivity index (χ4n) is 2.91. The maximum atomic E-state index is 12.6. The quantitative estimate of drug-likeness (QED) is 0.649. The highest BCUT2D eigenvalue weighted by Crippen LogP contribution is 2.20. The normalized spacial score (nSPS) is 12.8. The Morgan fingerprint density at radius 2 is 1.82 bits per heavy atom. The Hall–Kier alpha value is -1.93. The molecule has 152 valence electrons. The second-order valence-corrected chi connectivity index (χ2v) is 8.76. The Labute approximate surface area is 171 Å². The molecular weight excluding hydrogens is 398 g/mol. The van der Waals surface area contributed by atoms with Gasteiger partial charge in [-0.25, -0.2) is 8.42 Å². The summed E-state index contributed by atoms with van der Waals surface area (Å²) in [6.45, 7) is 6.55. The topological polar surface area (TPSA) is 83.1 Å². The first-order valence-electron chi connectivity index (χ1n) is 9.27. The van der Waals surface area contributed by atoms with Crippen LogP contribution in [0.25, 0.3) is 0 Å². The molecule has 2 rings (SSSR count). The third-order valence-corrected chi connectivity index (χ3v) is 6.90. The number of nitrogens with one attached hydrogen (secondary N) is 1. The van der Waals surface area contributed by atoms with Crippen molar-refractivity contribution in [3.63, 3.8) is 0 Å². The van der Waals surface area contributed by atoms with Gasteiger partial charge in [-0.1, -0.05) is 49.7 Å². The van der Waals surface area contributed by atoms with Crippen LogP contribution in [0.3, 0.4) is 0 Å². The number of halogens is 1. The minimum atomic E-state index is -3.57. The summed E-state index contributed by atoms with van der Waals surface area (Å²) in [7, 11) is -3.57. The standard InChI is InChI=1S/C20H26ClN3O3S/c1-4-24(5-2)28(26,27)17-10-8-9-16(13-17)23-20(25)14-22-15(3)18-11-6-7-12-19(18)21/h6-13,15,22H,4-5,14H2,1-3H3,(H,23,25)/p+1/t15-/m1/s1. The predicted molar refractivity (Wildman–Crippen MR) is 112 cm³/mol. The van der Waals surface area contributed by atoms with Gasteiger partial charge in [-0.15, -0.1) is 0 Å². The van der Waals surface area contributed by atoms with Crippen molar-refractivity contribution in [3.05, 3.63) is 59.1 Å². The van der Waals surface area contributed by atoms with E-state index in [2.05, 4.69) is 5.32 Å². The van der Waals surface area contributed by atoms with E-state index in [0.29, 0.717) is 23.8 Å². The molecule has 0 aliphatic carbocycles. The summed E-state index contributed by atoms with van der Waals surface area (Å²) in [6.07, 6.45) is 0. The van der Waals surface area contributed by atoms with Gasteiger partial charge in [0, 0.05) is 29.4 Å². The van der Waals surface area contributed by atoms with Crippen LogP contribution < -0.4 is 10.6 Å². The van der Waals surface area contributed by atoms with Gasteiger partial charge >= 0.3 is 0 Å². The van der Waals surface area contributed by atoms with Gasteiger partial charge in [0.25, 0.3) is 5.91 Å². The zero-order chi connectivity index (χ0) is 20.7. The molecule has 0 aliphatic heterocycles. The number of carbonyl (C=O) groups excluding carboxylic acids is 1. The third-order valence-electron chi connectivity index (χ3n) is 4.51. The van der Waals surface area contributed by atoms with Crippen LogP contribution in [0.4, 0.5) is 5.69 Å². The number of hydrogen-bond donors (Lipinski definition) is 2. The number of benzene rings is 2. The van der Waals surface area contributed by atoms with Crippen LogP contribution in [0.15, 0.2) is 53.4 Å². The molecule has 0 heterocycles. The Morgan fingerprint density at radius 1 is 1.14 bits per heavy atom. The summed E-state index contributed by atoms with van der Waals surface area (Å²) >= 11 is 6.19. The molecule has 0 saturated carbocycles. The lowest BCUT2D eigenvalue weighted by Gasteiger charge is -2.19. The fraction of sp³-hybridized carbons (Fsp3) is 0.350. The van der Waals surface area contributed by atoms with E-state index in [-0.39, 0.29) is 23.4 Å². The van der Waals surface area contributed by atoms with E-state index in [0.717, 1.165) is 5.56 Å². The van der Waals surface area contributed by atoms with E-state index in [1.54, 1.807) is 26.0 Å². The molecule has 0 unspecified atom stereocenters. The average molecular weight is 425 g/mol. The van der Waals surface area contributed by atoms with E-state index in [9.17, 15) is 13.2 Å². The number of rotatable bonds is 9. The number of nitrogens with two attached hydrogens (primary N) is 1. The fourth-order valence-corrected chi connectivity index (χ4v) is 4.73. The number of nitrogens with zero attached hydrogens (tertiary/aromatic N) is 1. The van der Waals surface area contributed by atoms with E-state index in [1.807, 2.05) is 36.5 Å². The van der Waals surface area contributed by atoms with Crippen LogP contribution in [-0.4, -0.2) is 38.3 Å². The maximum Gasteiger partial charge on any atom is 0.279 e. The molecule has 28 heavy (non-hydrogen) atoms. The van der Waals surface area contributed by atoms with Gasteiger partial charge < -0.3 is 10.6 Å². The summed E-state index contributed by atoms with van der Waals surface area (Å²) in [4.78, 5) is 12.5. The smallest absolute Gasteiger partial charge is 0.279 e. The Kier molecular flexibility index (Phi) is 8.00. The van der Waals surface area contributed by atoms with Crippen molar-refractivity contribution in [1.29, 1.82) is 0 Å². The van der Waals surface area contributed by atoms with Crippen molar-refractivity contribution in [1.82, 2.24) is 4.31 Å². The molecule has 3 N–H and O–H groups in total. The van der Waals surface area contributed by atoms with Gasteiger partial charge in [0.2, 0.25) is 10.0 Å². The minimum absolute atomic E-state index is 0.0221. The lowest BCUT2D eigenvalue weighted by atomic mass is 10.1. The average Bonchev–Trinajstić information content (AvgIpc) is 2.67. The van der Waals surface area contributed by atoms with Crippen LogP contribution in [0, 0.1) is 0 Å². The first-order valence-corrected chi connectivity index (χ1v) is 11.1. The maximum absolute atomic E-state index is 12.6. The molecule has 2 aromatic carbocycles. The predicted octanol–water partition coefficient (Wildman–Crippen LogP) is 2.63. The van der Waals surface area contributed by atoms with Crippen molar-refractivity contribution in [3.8, 4) is 0 Å². The van der Waals surface area contributed by atoms with Crippen molar-refractivity contribution >= 4 is 33.2 Å². The SMILES string of the molecule is CCN(CC)S(=O)(=O)c1cccc(NC(=O)C[NH2+][C@H](C)c2ccccc2Cl)c1. The van der Waals surface area contributed by atoms with Crippen molar-refractivity contribution in [2.45, 2.75) is 31.7 Å². The summed E-state index contributed by atoms with van der Waals surface area (Å²) in [5.41, 5.74) is 1.42. The van der Waals surface area contributed by atoms with E-state index in [4.69, 9.17) is 11.6 Å². The molecule has 6 nitrogen and oxygen atoms in total. The first kappa shape index (κ1) is 22.4. The van der Waals surface area contributed by atoms with Gasteiger partial charge in [-0.3, -0.25) is 4.79 Å². The molecule has 2 aromatic rings. The number of amides is 1. The highest BCUT2D eigenvalue weighted by Gasteiger charge is 2.22. The summed E-state index contributed by atoms with van der Waals surface area (Å²) in [6, 6.07) is 13.9. The Balaban J connectivity index is 2.02. The molecule has 0 radical (unpaired) electrons. The number of hydrogen-bond acceptors (Lipinski definition) is 3. The molecule has 1 atom stereocenters. The van der Waals surface area contributed by atoms with Crippen LogP contribution in [0.5, 0.6) is 0 Å². The van der Waals surface area contributed by atoms with Crippen molar-refractivity contribution in [2.75, 3.05) is 25.0 Å². The molecule has 0 spiro atoms. The zero-order valence-electron chi connectivity index (χ0n) is 16.4. The van der Waals surface area contributed by atoms with Gasteiger partial charge in [0.15, 0.2) is 6.54 Å². The Morgan fingerprint density at radius 3 is 2.46 bits per heavy atom. The lowest BCUT2D eigenvalue weighted by molar-refractivity contribution is -0.682. The molecule has 0 saturated heterocycles. The number of carbonyl (C=O) groups is 1. The second-order valence-electron chi connectivity index (χ2n) is 6.42. The van der Waals surface area contributed by atoms with E-state index in [1.165, 1.54) is 16.4 Å². The lowest BCUT2D eigenvalue weighted by Crippen LogP contribution is -2.86. The highest BCUT2D eigenvalue weighted by molar-refractivity contribution is 7.89. The summed E-state index contributed by atoms with van der Waals surface area (Å²) in [5, 5.41) is 5.31. The molecule has 0 fully saturated rings. The molecule has 0 aromatic heterocycles. The molecule has 0 bridgehead atoms. The summed E-state index contributed by atoms with van der Waals surface area (Å²) in [5.74, 6) is -0.212. The van der Waals surface area contributed by atoms with Crippen molar-refractivity contribution in [2.24, 2.45) is 0 Å². The van der Waals surface area contributed by atoms with Crippen LogP contribution >= 0.6 is 11.6 Å². The minimum Gasteiger partial charge on any atom is -0.332 e. The van der Waals surface area contributed by atoms with Gasteiger partial charge in [0.1, 0.15) is 6.04 Å². The summed E-state index contributed by atoms with van der Waals surface area (Å²) < 4.78 is 26.6. The first-order chi connectivity index (χ1) is 13.3. The van der Waals surface area contributed by atoms with Crippen LogP contribution in [0.2, 0.25) is 5.02 Å².